The van der Waals surface area contributed by atoms with E-state index in [0.717, 1.165) is 63.5 Å². The monoisotopic (exact) mass is 358 g/mol. The molecule has 3 rings (SSSR count). The van der Waals surface area contributed by atoms with Gasteiger partial charge in [0, 0.05) is 58.1 Å². The Balaban J connectivity index is 1.43. The van der Waals surface area contributed by atoms with Gasteiger partial charge >= 0.3 is 0 Å². The van der Waals surface area contributed by atoms with Crippen molar-refractivity contribution in [2.45, 2.75) is 39.3 Å². The van der Waals surface area contributed by atoms with E-state index in [2.05, 4.69) is 14.5 Å². The number of imidazole rings is 1. The van der Waals surface area contributed by atoms with E-state index >= 15 is 0 Å². The molecular formula is C20H27FN4O. The summed E-state index contributed by atoms with van der Waals surface area (Å²) in [4.78, 5) is 21.0. The first-order valence-corrected chi connectivity index (χ1v) is 9.34. The fraction of sp³-hybridized carbons (Fsp3) is 0.500. The average molecular weight is 358 g/mol. The molecule has 0 bridgehead atoms. The Labute approximate surface area is 154 Å². The first kappa shape index (κ1) is 18.6. The zero-order valence-electron chi connectivity index (χ0n) is 15.4. The largest absolute Gasteiger partial charge is 0.341 e. The lowest BCUT2D eigenvalue weighted by Crippen LogP contribution is -2.35. The molecule has 0 radical (unpaired) electrons. The fourth-order valence-electron chi connectivity index (χ4n) is 3.43. The van der Waals surface area contributed by atoms with Crippen LogP contribution >= 0.6 is 0 Å². The molecule has 2 heterocycles. The van der Waals surface area contributed by atoms with Crippen molar-refractivity contribution in [3.8, 4) is 0 Å². The van der Waals surface area contributed by atoms with Crippen LogP contribution < -0.4 is 0 Å². The van der Waals surface area contributed by atoms with E-state index in [4.69, 9.17) is 0 Å². The zero-order chi connectivity index (χ0) is 18.4. The minimum atomic E-state index is -0.202. The molecule has 1 saturated heterocycles. The fourth-order valence-corrected chi connectivity index (χ4v) is 3.43. The molecule has 140 valence electrons. The summed E-state index contributed by atoms with van der Waals surface area (Å²) in [6, 6.07) is 6.68. The lowest BCUT2D eigenvalue weighted by Gasteiger charge is -2.22. The highest BCUT2D eigenvalue weighted by atomic mass is 19.1. The van der Waals surface area contributed by atoms with E-state index < -0.39 is 0 Å². The Morgan fingerprint density at radius 1 is 1.15 bits per heavy atom. The molecule has 1 fully saturated rings. The van der Waals surface area contributed by atoms with Gasteiger partial charge in [0.2, 0.25) is 5.91 Å². The van der Waals surface area contributed by atoms with E-state index in [9.17, 15) is 9.18 Å². The molecule has 1 aromatic carbocycles. The molecule has 1 amide bonds. The topological polar surface area (TPSA) is 41.4 Å². The molecule has 5 nitrogen and oxygen atoms in total. The Morgan fingerprint density at radius 3 is 2.69 bits per heavy atom. The summed E-state index contributed by atoms with van der Waals surface area (Å²) < 4.78 is 15.1. The van der Waals surface area contributed by atoms with Crippen LogP contribution in [0, 0.1) is 12.7 Å². The van der Waals surface area contributed by atoms with Crippen LogP contribution in [0.5, 0.6) is 0 Å². The highest BCUT2D eigenvalue weighted by molar-refractivity contribution is 5.76. The second-order valence-electron chi connectivity index (χ2n) is 6.91. The summed E-state index contributed by atoms with van der Waals surface area (Å²) in [5, 5.41) is 0. The molecule has 26 heavy (non-hydrogen) atoms. The second kappa shape index (κ2) is 8.94. The average Bonchev–Trinajstić information content (AvgIpc) is 2.90. The van der Waals surface area contributed by atoms with Crippen LogP contribution in [-0.2, 0) is 17.9 Å². The van der Waals surface area contributed by atoms with Gasteiger partial charge in [-0.05, 0) is 37.5 Å². The molecule has 0 aliphatic carbocycles. The maximum atomic E-state index is 13.0. The number of aromatic nitrogens is 2. The van der Waals surface area contributed by atoms with Crippen LogP contribution in [0.1, 0.15) is 30.7 Å². The van der Waals surface area contributed by atoms with Crippen molar-refractivity contribution in [3.05, 3.63) is 53.9 Å². The summed E-state index contributed by atoms with van der Waals surface area (Å²) in [7, 11) is 0. The molecular weight excluding hydrogens is 331 g/mol. The van der Waals surface area contributed by atoms with E-state index in [0.29, 0.717) is 6.42 Å². The maximum absolute atomic E-state index is 13.0. The molecule has 0 atom stereocenters. The Bertz CT molecular complexity index is 713. The van der Waals surface area contributed by atoms with Gasteiger partial charge in [-0.1, -0.05) is 12.1 Å². The third-order valence-corrected chi connectivity index (χ3v) is 4.97. The highest BCUT2D eigenvalue weighted by Crippen LogP contribution is 2.11. The summed E-state index contributed by atoms with van der Waals surface area (Å²) in [5.41, 5.74) is 1.11. The molecule has 1 aliphatic heterocycles. The van der Waals surface area contributed by atoms with Gasteiger partial charge in [0.05, 0.1) is 0 Å². The molecule has 6 heteroatoms. The van der Waals surface area contributed by atoms with Gasteiger partial charge in [0.25, 0.3) is 0 Å². The van der Waals surface area contributed by atoms with Crippen LogP contribution in [0.15, 0.2) is 36.7 Å². The number of nitrogens with zero attached hydrogens (tertiary/aromatic N) is 4. The number of amides is 1. The predicted octanol–water partition coefficient (Wildman–Crippen LogP) is 2.85. The van der Waals surface area contributed by atoms with Gasteiger partial charge in [-0.15, -0.1) is 0 Å². The van der Waals surface area contributed by atoms with Crippen molar-refractivity contribution in [2.75, 3.05) is 26.2 Å². The zero-order valence-corrected chi connectivity index (χ0v) is 15.4. The van der Waals surface area contributed by atoms with Crippen molar-refractivity contribution in [3.63, 3.8) is 0 Å². The van der Waals surface area contributed by atoms with Crippen LogP contribution in [0.2, 0.25) is 0 Å². The number of hydrogen-bond acceptors (Lipinski definition) is 3. The number of hydrogen-bond donors (Lipinski definition) is 0. The van der Waals surface area contributed by atoms with Crippen LogP contribution in [-0.4, -0.2) is 51.4 Å². The van der Waals surface area contributed by atoms with E-state index in [1.165, 1.54) is 12.1 Å². The number of aryl methyl sites for hydroxylation is 2. The first-order chi connectivity index (χ1) is 12.6. The minimum absolute atomic E-state index is 0.202. The molecule has 0 spiro atoms. The van der Waals surface area contributed by atoms with Gasteiger partial charge in [0.1, 0.15) is 11.6 Å². The van der Waals surface area contributed by atoms with E-state index in [1.807, 2.05) is 30.2 Å². The Kier molecular flexibility index (Phi) is 6.39. The summed E-state index contributed by atoms with van der Waals surface area (Å²) >= 11 is 0. The minimum Gasteiger partial charge on any atom is -0.341 e. The Morgan fingerprint density at radius 2 is 1.96 bits per heavy atom. The molecule has 2 aromatic rings. The number of rotatable bonds is 6. The van der Waals surface area contributed by atoms with Crippen LogP contribution in [0.25, 0.3) is 0 Å². The summed E-state index contributed by atoms with van der Waals surface area (Å²) in [6.45, 7) is 7.04. The van der Waals surface area contributed by atoms with Gasteiger partial charge < -0.3 is 9.47 Å². The predicted molar refractivity (Wildman–Crippen MR) is 99.1 cm³/mol. The third-order valence-electron chi connectivity index (χ3n) is 4.97. The van der Waals surface area contributed by atoms with Crippen molar-refractivity contribution in [2.24, 2.45) is 0 Å². The van der Waals surface area contributed by atoms with Crippen molar-refractivity contribution in [1.82, 2.24) is 19.4 Å². The number of carbonyl (C=O) groups is 1. The molecule has 1 aliphatic rings. The first-order valence-electron chi connectivity index (χ1n) is 9.34. The quantitative estimate of drug-likeness (QED) is 0.797. The van der Waals surface area contributed by atoms with Gasteiger partial charge in [0.15, 0.2) is 0 Å². The number of carbonyl (C=O) groups excluding carboxylic acids is 1. The summed E-state index contributed by atoms with van der Waals surface area (Å²) in [6.07, 6.45) is 6.15. The molecule has 0 saturated carbocycles. The van der Waals surface area contributed by atoms with Crippen molar-refractivity contribution >= 4 is 5.91 Å². The lowest BCUT2D eigenvalue weighted by molar-refractivity contribution is -0.131. The standard InChI is InChI=1S/C20H27FN4O/c1-17-22-9-13-24(17)11-2-4-20(26)25-12-3-10-23(14-15-25)16-18-5-7-19(21)8-6-18/h5-9,13H,2-4,10-12,14-16H2,1H3. The van der Waals surface area contributed by atoms with Crippen LogP contribution in [0.4, 0.5) is 4.39 Å². The highest BCUT2D eigenvalue weighted by Gasteiger charge is 2.19. The van der Waals surface area contributed by atoms with Crippen LogP contribution in [0.3, 0.4) is 0 Å². The molecule has 0 N–H and O–H groups in total. The van der Waals surface area contributed by atoms with E-state index in [-0.39, 0.29) is 11.7 Å². The summed E-state index contributed by atoms with van der Waals surface area (Å²) in [5.74, 6) is 1.03. The second-order valence-corrected chi connectivity index (χ2v) is 6.91. The molecule has 1 aromatic heterocycles. The van der Waals surface area contributed by atoms with Gasteiger partial charge in [-0.3, -0.25) is 9.69 Å². The number of benzene rings is 1. The van der Waals surface area contributed by atoms with Crippen molar-refractivity contribution < 1.29 is 9.18 Å². The van der Waals surface area contributed by atoms with Gasteiger partial charge in [-0.2, -0.15) is 0 Å². The number of halogens is 1. The Hall–Kier alpha value is -2.21. The normalized spacial score (nSPS) is 15.8. The van der Waals surface area contributed by atoms with Crippen molar-refractivity contribution in [1.29, 1.82) is 0 Å². The maximum Gasteiger partial charge on any atom is 0.222 e. The van der Waals surface area contributed by atoms with Gasteiger partial charge in [-0.25, -0.2) is 9.37 Å². The lowest BCUT2D eigenvalue weighted by atomic mass is 10.2. The SMILES string of the molecule is Cc1nccn1CCCC(=O)N1CCCN(Cc2ccc(F)cc2)CC1. The smallest absolute Gasteiger partial charge is 0.222 e. The third kappa shape index (κ3) is 5.14. The molecule has 0 unspecified atom stereocenters. The van der Waals surface area contributed by atoms with E-state index in [1.54, 1.807) is 6.20 Å².